The zero-order chi connectivity index (χ0) is 13.3. The minimum Gasteiger partial charge on any atom is -0.378 e. The Morgan fingerprint density at radius 2 is 1.82 bits per heavy atom. The van der Waals surface area contributed by atoms with Crippen molar-refractivity contribution >= 4 is 7.82 Å². The van der Waals surface area contributed by atoms with E-state index in [0.717, 1.165) is 0 Å². The van der Waals surface area contributed by atoms with E-state index in [1.165, 1.54) is 0 Å². The molecule has 2 N–H and O–H groups in total. The fraction of sp³-hybridized carbons (Fsp3) is 1.00. The van der Waals surface area contributed by atoms with Gasteiger partial charge in [-0.25, -0.2) is 13.3 Å². The molecule has 0 bridgehead atoms. The van der Waals surface area contributed by atoms with Crippen LogP contribution in [0.1, 0.15) is 12.8 Å². The van der Waals surface area contributed by atoms with Crippen molar-refractivity contribution in [3.63, 3.8) is 0 Å². The Hall–Kier alpha value is -0.140. The van der Waals surface area contributed by atoms with Gasteiger partial charge >= 0.3 is 7.82 Å². The molecule has 0 saturated heterocycles. The zero-order valence-electron chi connectivity index (χ0n) is 9.10. The highest BCUT2D eigenvalue weighted by molar-refractivity contribution is 7.46. The van der Waals surface area contributed by atoms with E-state index >= 15 is 0 Å². The number of hydrogen-bond acceptors (Lipinski definition) is 3. The van der Waals surface area contributed by atoms with Gasteiger partial charge in [0.15, 0.2) is 6.17 Å². The molecule has 0 radical (unpaired) electrons. The van der Waals surface area contributed by atoms with E-state index < -0.39 is 39.9 Å². The van der Waals surface area contributed by atoms with Crippen molar-refractivity contribution < 1.29 is 36.8 Å². The van der Waals surface area contributed by atoms with Crippen molar-refractivity contribution in [2.75, 3.05) is 26.5 Å². The van der Waals surface area contributed by atoms with Gasteiger partial charge in [-0.15, -0.1) is 0 Å². The maximum Gasteiger partial charge on any atom is 0.469 e. The number of halogens is 3. The molecule has 0 aromatic carbocycles. The van der Waals surface area contributed by atoms with Crippen LogP contribution < -0.4 is 0 Å². The first kappa shape index (κ1) is 16.9. The lowest BCUT2D eigenvalue weighted by Crippen LogP contribution is -2.24. The smallest absolute Gasteiger partial charge is 0.378 e. The summed E-state index contributed by atoms with van der Waals surface area (Å²) >= 11 is 0. The molecule has 0 amide bonds. The van der Waals surface area contributed by atoms with Gasteiger partial charge in [0.05, 0.1) is 19.9 Å². The van der Waals surface area contributed by atoms with Crippen molar-refractivity contribution in [1.29, 1.82) is 0 Å². The van der Waals surface area contributed by atoms with Crippen LogP contribution in [0.2, 0.25) is 0 Å². The Labute approximate surface area is 97.2 Å². The molecule has 5 nitrogen and oxygen atoms in total. The molecule has 0 aromatic heterocycles. The van der Waals surface area contributed by atoms with Crippen LogP contribution in [0, 0.1) is 0 Å². The van der Waals surface area contributed by atoms with Gasteiger partial charge in [0.25, 0.3) is 0 Å². The Bertz CT molecular complexity index is 237. The second-order valence-corrected chi connectivity index (χ2v) is 4.50. The molecule has 104 valence electrons. The maximum absolute atomic E-state index is 12.9. The SMILES string of the molecule is O=P(O)(O)OCCCOCC(F)C(F)CCF. The van der Waals surface area contributed by atoms with Crippen LogP contribution in [0.4, 0.5) is 13.2 Å². The highest BCUT2D eigenvalue weighted by Gasteiger charge is 2.20. The second kappa shape index (κ2) is 8.88. The number of ether oxygens (including phenoxy) is 1. The average molecular weight is 280 g/mol. The monoisotopic (exact) mass is 280 g/mol. The predicted octanol–water partition coefficient (Wildman–Crippen LogP) is 1.54. The van der Waals surface area contributed by atoms with Gasteiger partial charge in [-0.3, -0.25) is 8.91 Å². The number of phosphoric acid groups is 1. The standard InChI is InChI=1S/C8H16F3O5P/c9-3-2-7(10)8(11)6-15-4-1-5-16-17(12,13)14/h7-8H,1-6H2,(H2,12,13,14). The summed E-state index contributed by atoms with van der Waals surface area (Å²) in [5.74, 6) is 0. The lowest BCUT2D eigenvalue weighted by Gasteiger charge is -2.12. The molecule has 2 atom stereocenters. The van der Waals surface area contributed by atoms with Crippen molar-refractivity contribution in [2.24, 2.45) is 0 Å². The summed E-state index contributed by atoms with van der Waals surface area (Å²) in [5, 5.41) is 0. The van der Waals surface area contributed by atoms with Gasteiger partial charge in [-0.05, 0) is 6.42 Å². The normalized spacial score (nSPS) is 15.8. The molecule has 9 heteroatoms. The Kier molecular flexibility index (Phi) is 8.81. The van der Waals surface area contributed by atoms with E-state index in [9.17, 15) is 17.7 Å². The Morgan fingerprint density at radius 1 is 1.18 bits per heavy atom. The molecule has 17 heavy (non-hydrogen) atoms. The fourth-order valence-electron chi connectivity index (χ4n) is 0.930. The molecule has 0 rings (SSSR count). The van der Waals surface area contributed by atoms with Crippen LogP contribution in [-0.4, -0.2) is 48.6 Å². The first-order valence-corrected chi connectivity index (χ1v) is 6.51. The molecule has 0 aliphatic carbocycles. The van der Waals surface area contributed by atoms with Gasteiger partial charge in [0.1, 0.15) is 6.17 Å². The summed E-state index contributed by atoms with van der Waals surface area (Å²) in [5.41, 5.74) is 0. The number of rotatable bonds is 10. The maximum atomic E-state index is 12.9. The summed E-state index contributed by atoms with van der Waals surface area (Å²) in [4.78, 5) is 16.6. The van der Waals surface area contributed by atoms with Gasteiger partial charge < -0.3 is 14.5 Å². The number of hydrogen-bond donors (Lipinski definition) is 2. The lowest BCUT2D eigenvalue weighted by molar-refractivity contribution is 0.0319. The minimum absolute atomic E-state index is 0.0250. The van der Waals surface area contributed by atoms with E-state index in [4.69, 9.17) is 14.5 Å². The van der Waals surface area contributed by atoms with Gasteiger partial charge in [0, 0.05) is 13.0 Å². The fourth-order valence-corrected chi connectivity index (χ4v) is 1.30. The Balaban J connectivity index is 3.42. The summed E-state index contributed by atoms with van der Waals surface area (Å²) in [6, 6.07) is 0. The number of alkyl halides is 3. The van der Waals surface area contributed by atoms with Crippen molar-refractivity contribution in [3.05, 3.63) is 0 Å². The predicted molar refractivity (Wildman–Crippen MR) is 53.8 cm³/mol. The lowest BCUT2D eigenvalue weighted by atomic mass is 10.2. The van der Waals surface area contributed by atoms with Gasteiger partial charge in [-0.2, -0.15) is 0 Å². The minimum atomic E-state index is -4.49. The molecule has 0 heterocycles. The van der Waals surface area contributed by atoms with Crippen LogP contribution in [0.5, 0.6) is 0 Å². The van der Waals surface area contributed by atoms with Gasteiger partial charge in [-0.1, -0.05) is 0 Å². The molecule has 0 aliphatic heterocycles. The topological polar surface area (TPSA) is 76.0 Å². The summed E-state index contributed by atoms with van der Waals surface area (Å²) in [7, 11) is -4.49. The van der Waals surface area contributed by atoms with E-state index in [1.54, 1.807) is 0 Å². The molecule has 0 aromatic rings. The van der Waals surface area contributed by atoms with Crippen LogP contribution in [-0.2, 0) is 13.8 Å². The second-order valence-electron chi connectivity index (χ2n) is 3.26. The molecule has 0 saturated carbocycles. The molecule has 2 unspecified atom stereocenters. The van der Waals surface area contributed by atoms with Crippen LogP contribution in [0.3, 0.4) is 0 Å². The highest BCUT2D eigenvalue weighted by Crippen LogP contribution is 2.35. The molecule has 0 fully saturated rings. The van der Waals surface area contributed by atoms with Crippen molar-refractivity contribution in [3.8, 4) is 0 Å². The molecule has 0 spiro atoms. The Morgan fingerprint density at radius 3 is 2.35 bits per heavy atom. The molecule has 0 aliphatic rings. The van der Waals surface area contributed by atoms with Crippen LogP contribution in [0.25, 0.3) is 0 Å². The van der Waals surface area contributed by atoms with E-state index in [-0.39, 0.29) is 19.6 Å². The molecular formula is C8H16F3O5P. The summed E-state index contributed by atoms with van der Waals surface area (Å²) in [6.07, 6.45) is -4.16. The third kappa shape index (κ3) is 10.7. The largest absolute Gasteiger partial charge is 0.469 e. The highest BCUT2D eigenvalue weighted by atomic mass is 31.2. The first-order valence-electron chi connectivity index (χ1n) is 4.98. The van der Waals surface area contributed by atoms with E-state index in [1.807, 2.05) is 0 Å². The van der Waals surface area contributed by atoms with Crippen molar-refractivity contribution in [1.82, 2.24) is 0 Å². The van der Waals surface area contributed by atoms with E-state index in [2.05, 4.69) is 4.52 Å². The quantitative estimate of drug-likeness (QED) is 0.469. The summed E-state index contributed by atoms with van der Waals surface area (Å²) in [6.45, 7) is -1.72. The number of phosphoric ester groups is 1. The third-order valence-electron chi connectivity index (χ3n) is 1.75. The summed E-state index contributed by atoms with van der Waals surface area (Å²) < 4.78 is 56.3. The van der Waals surface area contributed by atoms with Crippen LogP contribution in [0.15, 0.2) is 0 Å². The van der Waals surface area contributed by atoms with Crippen molar-refractivity contribution in [2.45, 2.75) is 25.2 Å². The molecular weight excluding hydrogens is 264 g/mol. The van der Waals surface area contributed by atoms with Gasteiger partial charge in [0.2, 0.25) is 0 Å². The first-order chi connectivity index (χ1) is 7.87. The van der Waals surface area contributed by atoms with E-state index in [0.29, 0.717) is 0 Å². The van der Waals surface area contributed by atoms with Crippen LogP contribution >= 0.6 is 7.82 Å². The third-order valence-corrected chi connectivity index (χ3v) is 2.27. The average Bonchev–Trinajstić information content (AvgIpc) is 2.21. The zero-order valence-corrected chi connectivity index (χ0v) is 9.99.